The zero-order valence-electron chi connectivity index (χ0n) is 14.9. The number of benzene rings is 2. The number of ether oxygens (including phenoxy) is 1. The number of carbonyl (C=O) groups excluding carboxylic acids is 1. The fourth-order valence-electron chi connectivity index (χ4n) is 3.50. The molecule has 0 bridgehead atoms. The van der Waals surface area contributed by atoms with E-state index in [9.17, 15) is 13.6 Å². The number of hydrogen-bond acceptors (Lipinski definition) is 2. The third-order valence-corrected chi connectivity index (χ3v) is 4.92. The molecule has 0 aromatic heterocycles. The molecule has 26 heavy (non-hydrogen) atoms. The van der Waals surface area contributed by atoms with E-state index in [1.807, 2.05) is 4.90 Å². The van der Waals surface area contributed by atoms with Gasteiger partial charge in [0.25, 0.3) is 5.91 Å². The monoisotopic (exact) mass is 359 g/mol. The molecule has 0 spiro atoms. The molecule has 1 aliphatic rings. The number of amides is 1. The number of likely N-dealkylation sites (tertiary alicyclic amines) is 1. The van der Waals surface area contributed by atoms with E-state index < -0.39 is 11.6 Å². The van der Waals surface area contributed by atoms with Crippen LogP contribution >= 0.6 is 0 Å². The van der Waals surface area contributed by atoms with Gasteiger partial charge in [-0.2, -0.15) is 0 Å². The first-order valence-electron chi connectivity index (χ1n) is 8.95. The minimum atomic E-state index is -0.611. The Kier molecular flexibility index (Phi) is 5.99. The van der Waals surface area contributed by atoms with Crippen LogP contribution in [0.2, 0.25) is 0 Å². The Hall–Kier alpha value is -2.27. The summed E-state index contributed by atoms with van der Waals surface area (Å²) in [4.78, 5) is 14.8. The van der Waals surface area contributed by atoms with Crippen LogP contribution in [0.1, 0.15) is 36.0 Å². The van der Waals surface area contributed by atoms with Crippen LogP contribution in [0.5, 0.6) is 0 Å². The first-order chi connectivity index (χ1) is 12.6. The zero-order valence-corrected chi connectivity index (χ0v) is 14.9. The lowest BCUT2D eigenvalue weighted by Crippen LogP contribution is -2.44. The molecule has 2 aromatic carbocycles. The number of halogens is 2. The van der Waals surface area contributed by atoms with E-state index in [-0.39, 0.29) is 11.9 Å². The summed E-state index contributed by atoms with van der Waals surface area (Å²) in [7, 11) is 1.67. The van der Waals surface area contributed by atoms with Crippen molar-refractivity contribution in [1.82, 2.24) is 4.90 Å². The topological polar surface area (TPSA) is 29.5 Å². The van der Waals surface area contributed by atoms with Gasteiger partial charge in [0.1, 0.15) is 11.6 Å². The second-order valence-electron chi connectivity index (χ2n) is 6.63. The molecule has 1 atom stereocenters. The Labute approximate surface area is 152 Å². The van der Waals surface area contributed by atoms with Gasteiger partial charge in [0, 0.05) is 43.5 Å². The van der Waals surface area contributed by atoms with Gasteiger partial charge in [0.2, 0.25) is 0 Å². The summed E-state index contributed by atoms with van der Waals surface area (Å²) in [6, 6.07) is 10.5. The highest BCUT2D eigenvalue weighted by Crippen LogP contribution is 2.26. The molecular weight excluding hydrogens is 336 g/mol. The second kappa shape index (κ2) is 8.41. The highest BCUT2D eigenvalue weighted by Gasteiger charge is 2.27. The Morgan fingerprint density at radius 1 is 1.15 bits per heavy atom. The Balaban J connectivity index is 1.77. The van der Waals surface area contributed by atoms with E-state index in [2.05, 4.69) is 0 Å². The lowest BCUT2D eigenvalue weighted by molar-refractivity contribution is 0.0553. The predicted octanol–water partition coefficient (Wildman–Crippen LogP) is 4.66. The largest absolute Gasteiger partial charge is 0.385 e. The van der Waals surface area contributed by atoms with E-state index in [0.717, 1.165) is 38.3 Å². The van der Waals surface area contributed by atoms with Crippen molar-refractivity contribution in [3.63, 3.8) is 0 Å². The molecule has 3 rings (SSSR count). The Morgan fingerprint density at radius 3 is 2.62 bits per heavy atom. The molecule has 0 radical (unpaired) electrons. The molecule has 1 fully saturated rings. The van der Waals surface area contributed by atoms with Crippen LogP contribution in [-0.4, -0.2) is 37.1 Å². The number of rotatable bonds is 5. The van der Waals surface area contributed by atoms with E-state index in [1.54, 1.807) is 31.4 Å². The smallest absolute Gasteiger partial charge is 0.254 e. The van der Waals surface area contributed by atoms with Gasteiger partial charge in [0.05, 0.1) is 0 Å². The van der Waals surface area contributed by atoms with Crippen LogP contribution in [0.15, 0.2) is 42.5 Å². The summed E-state index contributed by atoms with van der Waals surface area (Å²) in [6.45, 7) is 1.39. The average Bonchev–Trinajstić information content (AvgIpc) is 2.66. The molecule has 0 aliphatic carbocycles. The highest BCUT2D eigenvalue weighted by atomic mass is 19.1. The van der Waals surface area contributed by atoms with Crippen molar-refractivity contribution < 1.29 is 18.3 Å². The van der Waals surface area contributed by atoms with Crippen LogP contribution in [0.3, 0.4) is 0 Å². The van der Waals surface area contributed by atoms with Crippen LogP contribution in [-0.2, 0) is 4.74 Å². The third-order valence-electron chi connectivity index (χ3n) is 4.92. The van der Waals surface area contributed by atoms with E-state index in [1.165, 1.54) is 12.1 Å². The zero-order chi connectivity index (χ0) is 18.5. The maximum atomic E-state index is 13.9. The summed E-state index contributed by atoms with van der Waals surface area (Å²) in [5.74, 6) is -1.22. The summed E-state index contributed by atoms with van der Waals surface area (Å²) in [6.07, 6.45) is 3.96. The van der Waals surface area contributed by atoms with Crippen LogP contribution in [0, 0.1) is 11.6 Å². The second-order valence-corrected chi connectivity index (χ2v) is 6.63. The summed E-state index contributed by atoms with van der Waals surface area (Å²) >= 11 is 0. The van der Waals surface area contributed by atoms with Crippen molar-refractivity contribution in [2.75, 3.05) is 20.3 Å². The van der Waals surface area contributed by atoms with Gasteiger partial charge in [0.15, 0.2) is 0 Å². The first-order valence-corrected chi connectivity index (χ1v) is 8.95. The predicted molar refractivity (Wildman–Crippen MR) is 97.0 cm³/mol. The van der Waals surface area contributed by atoms with Gasteiger partial charge in [-0.15, -0.1) is 0 Å². The Morgan fingerprint density at radius 2 is 1.92 bits per heavy atom. The van der Waals surface area contributed by atoms with Gasteiger partial charge in [-0.1, -0.05) is 12.1 Å². The Bertz CT molecular complexity index is 761. The van der Waals surface area contributed by atoms with Crippen LogP contribution in [0.4, 0.5) is 8.78 Å². The van der Waals surface area contributed by atoms with Crippen molar-refractivity contribution >= 4 is 5.91 Å². The standard InChI is InChI=1S/C21H23F2NO2/c1-26-13-11-18-4-2-3-12-24(18)21(25)16-7-5-15(6-8-16)19-10-9-17(22)14-20(19)23/h5-10,14,18H,2-4,11-13H2,1H3. The molecule has 0 N–H and O–H groups in total. The molecular formula is C21H23F2NO2. The number of hydrogen-bond donors (Lipinski definition) is 0. The van der Waals surface area contributed by atoms with Crippen molar-refractivity contribution in [3.8, 4) is 11.1 Å². The molecule has 1 aliphatic heterocycles. The maximum Gasteiger partial charge on any atom is 0.254 e. The SMILES string of the molecule is COCCC1CCCCN1C(=O)c1ccc(-c2ccc(F)cc2F)cc1. The number of piperidine rings is 1. The van der Waals surface area contributed by atoms with Crippen molar-refractivity contribution in [1.29, 1.82) is 0 Å². The molecule has 1 unspecified atom stereocenters. The molecule has 5 heteroatoms. The fraction of sp³-hybridized carbons (Fsp3) is 0.381. The molecule has 1 amide bonds. The third kappa shape index (κ3) is 4.10. The highest BCUT2D eigenvalue weighted by molar-refractivity contribution is 5.95. The summed E-state index contributed by atoms with van der Waals surface area (Å²) in [5.41, 5.74) is 1.52. The van der Waals surface area contributed by atoms with E-state index in [0.29, 0.717) is 23.3 Å². The maximum absolute atomic E-state index is 13.9. The lowest BCUT2D eigenvalue weighted by Gasteiger charge is -2.36. The molecule has 1 saturated heterocycles. The van der Waals surface area contributed by atoms with Gasteiger partial charge < -0.3 is 9.64 Å². The van der Waals surface area contributed by atoms with E-state index >= 15 is 0 Å². The average molecular weight is 359 g/mol. The number of methoxy groups -OCH3 is 1. The van der Waals surface area contributed by atoms with Crippen molar-refractivity contribution in [2.24, 2.45) is 0 Å². The molecule has 2 aromatic rings. The normalized spacial score (nSPS) is 17.3. The van der Waals surface area contributed by atoms with Crippen LogP contribution in [0.25, 0.3) is 11.1 Å². The van der Waals surface area contributed by atoms with Crippen LogP contribution < -0.4 is 0 Å². The van der Waals surface area contributed by atoms with Gasteiger partial charge in [-0.3, -0.25) is 4.79 Å². The minimum absolute atomic E-state index is 0.00284. The van der Waals surface area contributed by atoms with Crippen molar-refractivity contribution in [2.45, 2.75) is 31.7 Å². The van der Waals surface area contributed by atoms with Gasteiger partial charge >= 0.3 is 0 Å². The van der Waals surface area contributed by atoms with Gasteiger partial charge in [-0.25, -0.2) is 8.78 Å². The molecule has 3 nitrogen and oxygen atoms in total. The summed E-state index contributed by atoms with van der Waals surface area (Å²) < 4.78 is 32.2. The fourth-order valence-corrected chi connectivity index (χ4v) is 3.50. The first kappa shape index (κ1) is 18.5. The lowest BCUT2D eigenvalue weighted by atomic mass is 9.97. The molecule has 138 valence electrons. The minimum Gasteiger partial charge on any atom is -0.385 e. The summed E-state index contributed by atoms with van der Waals surface area (Å²) in [5, 5.41) is 0. The molecule has 1 heterocycles. The van der Waals surface area contributed by atoms with E-state index in [4.69, 9.17) is 4.74 Å². The number of nitrogens with zero attached hydrogens (tertiary/aromatic N) is 1. The van der Waals surface area contributed by atoms with Crippen molar-refractivity contribution in [3.05, 3.63) is 59.7 Å². The number of carbonyl (C=O) groups is 1. The molecule has 0 saturated carbocycles. The van der Waals surface area contributed by atoms with Gasteiger partial charge in [-0.05, 0) is 55.5 Å². The quantitative estimate of drug-likeness (QED) is 0.777.